The number of hydrogen-bond acceptors (Lipinski definition) is 2. The summed E-state index contributed by atoms with van der Waals surface area (Å²) < 4.78 is 6.90. The van der Waals surface area contributed by atoms with Crippen LogP contribution in [0.15, 0.2) is 121 Å². The third-order valence-corrected chi connectivity index (χ3v) is 6.11. The molecular formula is C28H26NNaO. The molecule has 1 fully saturated rings. The summed E-state index contributed by atoms with van der Waals surface area (Å²) in [7, 11) is 0. The average molecular weight is 416 g/mol. The van der Waals surface area contributed by atoms with Crippen molar-refractivity contribution in [1.82, 2.24) is 5.32 Å². The van der Waals surface area contributed by atoms with E-state index in [0.29, 0.717) is 6.61 Å². The van der Waals surface area contributed by atoms with Crippen LogP contribution in [-0.4, -0.2) is 13.2 Å². The molecule has 2 nitrogen and oxygen atoms in total. The van der Waals surface area contributed by atoms with E-state index >= 15 is 0 Å². The fraction of sp³-hybridized carbons (Fsp3) is 0.143. The van der Waals surface area contributed by atoms with E-state index in [4.69, 9.17) is 4.74 Å². The first kappa shape index (κ1) is 22.0. The predicted octanol–water partition coefficient (Wildman–Crippen LogP) is 2.61. The third kappa shape index (κ3) is 3.59. The summed E-state index contributed by atoms with van der Waals surface area (Å²) in [6, 6.07) is 42.6. The van der Waals surface area contributed by atoms with Crippen molar-refractivity contribution < 1.29 is 35.7 Å². The van der Waals surface area contributed by atoms with Crippen molar-refractivity contribution in [3.63, 3.8) is 0 Å². The standard InChI is InChI=1S/C28H25NO.Na.H/c1-5-13-23(14-6-1)27(24-15-7-2-8-16-24)28(30-22-21-29-27,25-17-9-3-10-18-25)26-19-11-4-12-20-26;;/h1-20,29H,21-22H2;;/q;+1;-1. The SMILES string of the molecule is [H-].[Na+].c1ccc(C2(c3ccccc3)NCCOC2(c2ccccc2)c2ccccc2)cc1. The van der Waals surface area contributed by atoms with Crippen molar-refractivity contribution in [3.8, 4) is 0 Å². The van der Waals surface area contributed by atoms with Gasteiger partial charge in [0.05, 0.1) is 6.61 Å². The van der Waals surface area contributed by atoms with Crippen LogP contribution < -0.4 is 34.9 Å². The summed E-state index contributed by atoms with van der Waals surface area (Å²) in [5, 5.41) is 3.93. The van der Waals surface area contributed by atoms with Gasteiger partial charge in [0.1, 0.15) is 11.1 Å². The second kappa shape index (κ2) is 9.52. The molecule has 0 amide bonds. The zero-order valence-corrected chi connectivity index (χ0v) is 19.9. The Morgan fingerprint density at radius 1 is 0.548 bits per heavy atom. The van der Waals surface area contributed by atoms with E-state index in [9.17, 15) is 0 Å². The van der Waals surface area contributed by atoms with Crippen LogP contribution in [-0.2, 0) is 15.9 Å². The van der Waals surface area contributed by atoms with E-state index in [1.807, 2.05) is 0 Å². The molecule has 31 heavy (non-hydrogen) atoms. The topological polar surface area (TPSA) is 21.3 Å². The first-order valence-electron chi connectivity index (χ1n) is 10.5. The average Bonchev–Trinajstić information content (AvgIpc) is 2.86. The van der Waals surface area contributed by atoms with Gasteiger partial charge in [-0.2, -0.15) is 0 Å². The molecule has 5 rings (SSSR count). The van der Waals surface area contributed by atoms with Crippen LogP contribution in [0.5, 0.6) is 0 Å². The zero-order valence-electron chi connectivity index (χ0n) is 18.9. The smallest absolute Gasteiger partial charge is 1.00 e. The Morgan fingerprint density at radius 2 is 0.903 bits per heavy atom. The van der Waals surface area contributed by atoms with Gasteiger partial charge in [0, 0.05) is 6.54 Å². The Balaban J connectivity index is 0.00000144. The van der Waals surface area contributed by atoms with Gasteiger partial charge in [0.25, 0.3) is 0 Å². The maximum absolute atomic E-state index is 6.90. The van der Waals surface area contributed by atoms with Gasteiger partial charge in [0.2, 0.25) is 0 Å². The molecule has 0 unspecified atom stereocenters. The van der Waals surface area contributed by atoms with Crippen molar-refractivity contribution in [2.75, 3.05) is 13.2 Å². The largest absolute Gasteiger partial charge is 1.00 e. The number of hydrogen-bond donors (Lipinski definition) is 1. The van der Waals surface area contributed by atoms with Gasteiger partial charge in [-0.05, 0) is 22.3 Å². The molecule has 0 aromatic heterocycles. The van der Waals surface area contributed by atoms with Crippen LogP contribution >= 0.6 is 0 Å². The molecule has 1 N–H and O–H groups in total. The van der Waals surface area contributed by atoms with Gasteiger partial charge in [-0.15, -0.1) is 0 Å². The first-order valence-corrected chi connectivity index (χ1v) is 10.5. The van der Waals surface area contributed by atoms with Crippen LogP contribution in [0.4, 0.5) is 0 Å². The Labute approximate surface area is 208 Å². The molecule has 3 heteroatoms. The molecule has 1 aliphatic rings. The van der Waals surface area contributed by atoms with Crippen molar-refractivity contribution in [2.24, 2.45) is 0 Å². The normalized spacial score (nSPS) is 16.8. The maximum Gasteiger partial charge on any atom is 1.00 e. The number of rotatable bonds is 4. The van der Waals surface area contributed by atoms with Crippen LogP contribution in [0.2, 0.25) is 0 Å². The van der Waals surface area contributed by atoms with Gasteiger partial charge in [0.15, 0.2) is 0 Å². The van der Waals surface area contributed by atoms with Crippen molar-refractivity contribution in [3.05, 3.63) is 144 Å². The van der Waals surface area contributed by atoms with Gasteiger partial charge in [-0.1, -0.05) is 121 Å². The van der Waals surface area contributed by atoms with E-state index in [1.54, 1.807) is 0 Å². The molecule has 0 saturated carbocycles. The molecule has 0 atom stereocenters. The van der Waals surface area contributed by atoms with Gasteiger partial charge >= 0.3 is 29.6 Å². The third-order valence-electron chi connectivity index (χ3n) is 6.11. The molecule has 1 heterocycles. The Kier molecular flexibility index (Phi) is 6.76. The van der Waals surface area contributed by atoms with Crippen molar-refractivity contribution in [1.29, 1.82) is 0 Å². The van der Waals surface area contributed by atoms with E-state index in [0.717, 1.165) is 17.7 Å². The Morgan fingerprint density at radius 3 is 1.29 bits per heavy atom. The summed E-state index contributed by atoms with van der Waals surface area (Å²) in [5.41, 5.74) is 3.33. The fourth-order valence-electron chi connectivity index (χ4n) is 4.94. The molecular weight excluding hydrogens is 389 g/mol. The first-order chi connectivity index (χ1) is 14.9. The number of morpholine rings is 1. The van der Waals surface area contributed by atoms with Crippen LogP contribution in [0, 0.1) is 0 Å². The van der Waals surface area contributed by atoms with Crippen molar-refractivity contribution in [2.45, 2.75) is 11.1 Å². The van der Waals surface area contributed by atoms with Gasteiger partial charge in [-0.25, -0.2) is 0 Å². The summed E-state index contributed by atoms with van der Waals surface area (Å²) in [6.07, 6.45) is 0. The number of nitrogens with one attached hydrogen (secondary N) is 1. The molecule has 0 spiro atoms. The Bertz CT molecular complexity index is 921. The van der Waals surface area contributed by atoms with Gasteiger partial charge < -0.3 is 6.16 Å². The molecule has 0 aliphatic carbocycles. The molecule has 150 valence electrons. The zero-order chi connectivity index (χ0) is 20.3. The summed E-state index contributed by atoms with van der Waals surface area (Å²) in [6.45, 7) is 1.40. The van der Waals surface area contributed by atoms with Gasteiger partial charge in [-0.3, -0.25) is 5.32 Å². The second-order valence-corrected chi connectivity index (χ2v) is 7.67. The Hall–Kier alpha value is -2.20. The van der Waals surface area contributed by atoms with Crippen molar-refractivity contribution >= 4 is 0 Å². The quantitative estimate of drug-likeness (QED) is 0.518. The van der Waals surface area contributed by atoms with Crippen LogP contribution in [0.1, 0.15) is 23.7 Å². The monoisotopic (exact) mass is 415 g/mol. The minimum absolute atomic E-state index is 0. The fourth-order valence-corrected chi connectivity index (χ4v) is 4.94. The predicted molar refractivity (Wildman–Crippen MR) is 122 cm³/mol. The molecule has 0 radical (unpaired) electrons. The van der Waals surface area contributed by atoms with E-state index in [1.165, 1.54) is 11.1 Å². The second-order valence-electron chi connectivity index (χ2n) is 7.67. The molecule has 0 bridgehead atoms. The summed E-state index contributed by atoms with van der Waals surface area (Å²) in [5.74, 6) is 0. The molecule has 1 saturated heterocycles. The number of ether oxygens (including phenoxy) is 1. The molecule has 4 aromatic carbocycles. The molecule has 1 aliphatic heterocycles. The van der Waals surface area contributed by atoms with Crippen LogP contribution in [0.25, 0.3) is 0 Å². The van der Waals surface area contributed by atoms with E-state index < -0.39 is 11.1 Å². The van der Waals surface area contributed by atoms with Crippen LogP contribution in [0.3, 0.4) is 0 Å². The minimum Gasteiger partial charge on any atom is -1.00 e. The summed E-state index contributed by atoms with van der Waals surface area (Å²) in [4.78, 5) is 0. The minimum atomic E-state index is -0.726. The number of benzene rings is 4. The maximum atomic E-state index is 6.90. The molecule has 4 aromatic rings. The van der Waals surface area contributed by atoms with E-state index in [-0.39, 0.29) is 31.0 Å². The summed E-state index contributed by atoms with van der Waals surface area (Å²) >= 11 is 0. The van der Waals surface area contributed by atoms with E-state index in [2.05, 4.69) is 127 Å².